The third-order valence-electron chi connectivity index (χ3n) is 3.37. The minimum absolute atomic E-state index is 0.830. The van der Waals surface area contributed by atoms with E-state index in [1.54, 1.807) is 0 Å². The molecule has 2 fully saturated rings. The van der Waals surface area contributed by atoms with Gasteiger partial charge in [0.25, 0.3) is 0 Å². The fourth-order valence-corrected chi connectivity index (χ4v) is 2.99. The van der Waals surface area contributed by atoms with Gasteiger partial charge in [0.2, 0.25) is 0 Å². The average Bonchev–Trinajstić information content (AvgIpc) is 2.41. The number of hydrogen-bond acceptors (Lipinski definition) is 2. The van der Waals surface area contributed by atoms with Gasteiger partial charge in [-0.1, -0.05) is 13.8 Å². The summed E-state index contributed by atoms with van der Waals surface area (Å²) in [6.07, 6.45) is 0. The molecule has 13 heavy (non-hydrogen) atoms. The zero-order chi connectivity index (χ0) is 9.42. The van der Waals surface area contributed by atoms with Crippen molar-refractivity contribution in [1.29, 1.82) is 0 Å². The fraction of sp³-hybridized carbons (Fsp3) is 1.00. The van der Waals surface area contributed by atoms with Crippen LogP contribution in [0.25, 0.3) is 0 Å². The van der Waals surface area contributed by atoms with Crippen LogP contribution in [0.15, 0.2) is 0 Å². The molecule has 2 aliphatic heterocycles. The molecule has 0 bridgehead atoms. The molecule has 1 unspecified atom stereocenters. The van der Waals surface area contributed by atoms with Gasteiger partial charge in [0.15, 0.2) is 0 Å². The molecule has 0 N–H and O–H groups in total. The van der Waals surface area contributed by atoms with Crippen LogP contribution in [-0.4, -0.2) is 49.6 Å². The molecule has 0 aromatic rings. The lowest BCUT2D eigenvalue weighted by Gasteiger charge is -2.20. The van der Waals surface area contributed by atoms with Gasteiger partial charge in [-0.05, 0) is 24.8 Å². The van der Waals surface area contributed by atoms with E-state index in [1.165, 1.54) is 32.7 Å². The van der Waals surface area contributed by atoms with E-state index in [-0.39, 0.29) is 0 Å². The summed E-state index contributed by atoms with van der Waals surface area (Å²) in [6, 6.07) is 0. The van der Waals surface area contributed by atoms with Crippen LogP contribution in [0.3, 0.4) is 0 Å². The van der Waals surface area contributed by atoms with Gasteiger partial charge in [0.1, 0.15) is 0 Å². The van der Waals surface area contributed by atoms with Crippen LogP contribution in [0, 0.1) is 17.8 Å². The van der Waals surface area contributed by atoms with Crippen molar-refractivity contribution in [3.8, 4) is 0 Å². The van der Waals surface area contributed by atoms with Crippen LogP contribution in [0.2, 0.25) is 0 Å². The second-order valence-corrected chi connectivity index (χ2v) is 5.35. The van der Waals surface area contributed by atoms with Crippen molar-refractivity contribution >= 4 is 0 Å². The minimum atomic E-state index is 0.830. The maximum Gasteiger partial charge on any atom is 0.00257 e. The molecule has 2 nitrogen and oxygen atoms in total. The first-order chi connectivity index (χ1) is 6.15. The predicted molar refractivity (Wildman–Crippen MR) is 55.8 cm³/mol. The number of nitrogens with zero attached hydrogens (tertiary/aromatic N) is 2. The lowest BCUT2D eigenvalue weighted by molar-refractivity contribution is 0.254. The predicted octanol–water partition coefficient (Wildman–Crippen LogP) is 1.14. The second-order valence-electron chi connectivity index (χ2n) is 5.35. The molecule has 76 valence electrons. The van der Waals surface area contributed by atoms with Gasteiger partial charge in [0, 0.05) is 32.7 Å². The van der Waals surface area contributed by atoms with E-state index in [4.69, 9.17) is 0 Å². The van der Waals surface area contributed by atoms with E-state index < -0.39 is 0 Å². The molecule has 2 heteroatoms. The Kier molecular flexibility index (Phi) is 2.61. The second kappa shape index (κ2) is 3.58. The molecular weight excluding hydrogens is 160 g/mol. The third kappa shape index (κ3) is 2.05. The molecule has 2 heterocycles. The van der Waals surface area contributed by atoms with Gasteiger partial charge in [-0.25, -0.2) is 0 Å². The molecule has 0 radical (unpaired) electrons. The summed E-state index contributed by atoms with van der Waals surface area (Å²) in [6.45, 7) is 11.3. The minimum Gasteiger partial charge on any atom is -0.306 e. The van der Waals surface area contributed by atoms with Crippen molar-refractivity contribution in [2.45, 2.75) is 13.8 Å². The monoisotopic (exact) mass is 182 g/mol. The van der Waals surface area contributed by atoms with Crippen molar-refractivity contribution in [3.63, 3.8) is 0 Å². The van der Waals surface area contributed by atoms with Crippen LogP contribution in [0.4, 0.5) is 0 Å². The number of rotatable bonds is 2. The topological polar surface area (TPSA) is 6.48 Å². The molecule has 2 aliphatic rings. The van der Waals surface area contributed by atoms with E-state index in [0.29, 0.717) is 0 Å². The van der Waals surface area contributed by atoms with Crippen LogP contribution in [0.1, 0.15) is 13.8 Å². The van der Waals surface area contributed by atoms with Crippen LogP contribution < -0.4 is 0 Å². The van der Waals surface area contributed by atoms with Gasteiger partial charge in [-0.15, -0.1) is 0 Å². The van der Waals surface area contributed by atoms with Gasteiger partial charge < -0.3 is 9.80 Å². The van der Waals surface area contributed by atoms with Crippen molar-refractivity contribution in [1.82, 2.24) is 9.80 Å². The Bertz CT molecular complexity index is 165. The molecule has 0 aromatic carbocycles. The maximum atomic E-state index is 2.66. The zero-order valence-corrected chi connectivity index (χ0v) is 9.16. The van der Waals surface area contributed by atoms with Crippen molar-refractivity contribution in [2.75, 3.05) is 39.8 Å². The van der Waals surface area contributed by atoms with E-state index in [0.717, 1.165) is 17.8 Å². The summed E-state index contributed by atoms with van der Waals surface area (Å²) in [7, 11) is 2.26. The highest BCUT2D eigenvalue weighted by atomic mass is 15.2. The van der Waals surface area contributed by atoms with Crippen LogP contribution in [-0.2, 0) is 0 Å². The van der Waals surface area contributed by atoms with E-state index >= 15 is 0 Å². The van der Waals surface area contributed by atoms with Crippen LogP contribution >= 0.6 is 0 Å². The SMILES string of the molecule is CC(C)CN1CC2CN(C)C[C@@H]2C1. The summed E-state index contributed by atoms with van der Waals surface area (Å²) < 4.78 is 0. The molecule has 2 atom stereocenters. The molecule has 0 spiro atoms. The highest BCUT2D eigenvalue weighted by Crippen LogP contribution is 2.30. The van der Waals surface area contributed by atoms with Gasteiger partial charge in [0.05, 0.1) is 0 Å². The molecule has 0 aromatic heterocycles. The van der Waals surface area contributed by atoms with Crippen molar-refractivity contribution in [3.05, 3.63) is 0 Å². The molecule has 0 saturated carbocycles. The highest BCUT2D eigenvalue weighted by molar-refractivity contribution is 4.91. The molecule has 0 amide bonds. The highest BCUT2D eigenvalue weighted by Gasteiger charge is 2.38. The first-order valence-electron chi connectivity index (χ1n) is 5.56. The van der Waals surface area contributed by atoms with Crippen molar-refractivity contribution in [2.24, 2.45) is 17.8 Å². The molecule has 2 saturated heterocycles. The van der Waals surface area contributed by atoms with Gasteiger partial charge in [-0.3, -0.25) is 0 Å². The first kappa shape index (κ1) is 9.47. The Labute approximate surface area is 81.9 Å². The summed E-state index contributed by atoms with van der Waals surface area (Å²) in [4.78, 5) is 5.15. The normalized spacial score (nSPS) is 36.0. The quantitative estimate of drug-likeness (QED) is 0.632. The lowest BCUT2D eigenvalue weighted by atomic mass is 10.0. The Morgan fingerprint density at radius 3 is 2.08 bits per heavy atom. The third-order valence-corrected chi connectivity index (χ3v) is 3.37. The van der Waals surface area contributed by atoms with Gasteiger partial charge in [-0.2, -0.15) is 0 Å². The van der Waals surface area contributed by atoms with E-state index in [9.17, 15) is 0 Å². The number of hydrogen-bond donors (Lipinski definition) is 0. The summed E-state index contributed by atoms with van der Waals surface area (Å²) in [5, 5.41) is 0. The largest absolute Gasteiger partial charge is 0.306 e. The van der Waals surface area contributed by atoms with E-state index in [2.05, 4.69) is 30.7 Å². The first-order valence-corrected chi connectivity index (χ1v) is 5.56. The summed E-state index contributed by atoms with van der Waals surface area (Å²) >= 11 is 0. The average molecular weight is 182 g/mol. The summed E-state index contributed by atoms with van der Waals surface area (Å²) in [5.41, 5.74) is 0. The standard InChI is InChI=1S/C11H22N2/c1-9(2)4-13-7-10-5-12(3)6-11(10)8-13/h9-11H,4-8H2,1-3H3/t10-,11?/m1/s1. The Morgan fingerprint density at radius 1 is 1.08 bits per heavy atom. The molecular formula is C11H22N2. The number of likely N-dealkylation sites (tertiary alicyclic amines) is 2. The molecule has 0 aliphatic carbocycles. The Hall–Kier alpha value is -0.0800. The summed E-state index contributed by atoms with van der Waals surface area (Å²) in [5.74, 6) is 2.78. The van der Waals surface area contributed by atoms with Crippen LogP contribution in [0.5, 0.6) is 0 Å². The van der Waals surface area contributed by atoms with Gasteiger partial charge >= 0.3 is 0 Å². The molecule has 2 rings (SSSR count). The van der Waals surface area contributed by atoms with E-state index in [1.807, 2.05) is 0 Å². The lowest BCUT2D eigenvalue weighted by Crippen LogP contribution is -2.29. The zero-order valence-electron chi connectivity index (χ0n) is 9.16. The van der Waals surface area contributed by atoms with Crippen molar-refractivity contribution < 1.29 is 0 Å². The Balaban J connectivity index is 1.83. The Morgan fingerprint density at radius 2 is 1.62 bits per heavy atom. The smallest absolute Gasteiger partial charge is 0.00257 e. The fourth-order valence-electron chi connectivity index (χ4n) is 2.99. The number of fused-ring (bicyclic) bond motifs is 1. The maximum absolute atomic E-state index is 2.66.